The summed E-state index contributed by atoms with van der Waals surface area (Å²) in [7, 11) is 0. The molecule has 5 nitrogen and oxygen atoms in total. The predicted octanol–water partition coefficient (Wildman–Crippen LogP) is 4.25. The van der Waals surface area contributed by atoms with Gasteiger partial charge in [0.15, 0.2) is 0 Å². The summed E-state index contributed by atoms with van der Waals surface area (Å²) >= 11 is 0. The number of nitrogens with one attached hydrogen (secondary N) is 1. The van der Waals surface area contributed by atoms with Crippen molar-refractivity contribution in [1.29, 1.82) is 0 Å². The van der Waals surface area contributed by atoms with E-state index in [2.05, 4.69) is 10.3 Å². The lowest BCUT2D eigenvalue weighted by Gasteiger charge is -2.30. The van der Waals surface area contributed by atoms with Crippen molar-refractivity contribution in [3.05, 3.63) is 89.7 Å². The largest absolute Gasteiger partial charge is 0.326 e. The van der Waals surface area contributed by atoms with E-state index in [1.807, 2.05) is 48.5 Å². The number of benzene rings is 2. The minimum atomic E-state index is -0.0429. The van der Waals surface area contributed by atoms with Gasteiger partial charge in [0.25, 0.3) is 5.91 Å². The number of rotatable bonds is 5. The smallest absolute Gasteiger partial charge is 0.259 e. The van der Waals surface area contributed by atoms with Crippen LogP contribution in [0.5, 0.6) is 0 Å². The Balaban J connectivity index is 1.44. The molecule has 0 saturated heterocycles. The maximum atomic E-state index is 12.9. The van der Waals surface area contributed by atoms with Crippen LogP contribution in [-0.4, -0.2) is 23.3 Å². The third kappa shape index (κ3) is 4.51. The second-order valence-corrected chi connectivity index (χ2v) is 7.18. The second kappa shape index (κ2) is 8.69. The average Bonchev–Trinajstić information content (AvgIpc) is 2.78. The molecular weight excluding hydrogens is 362 g/mol. The van der Waals surface area contributed by atoms with Crippen molar-refractivity contribution in [1.82, 2.24) is 4.98 Å². The van der Waals surface area contributed by atoms with Crippen molar-refractivity contribution in [3.8, 4) is 0 Å². The minimum Gasteiger partial charge on any atom is -0.326 e. The lowest BCUT2D eigenvalue weighted by molar-refractivity contribution is -0.116. The summed E-state index contributed by atoms with van der Waals surface area (Å²) in [6.07, 6.45) is 6.19. The first-order valence-corrected chi connectivity index (χ1v) is 9.89. The maximum Gasteiger partial charge on any atom is 0.259 e. The first-order valence-electron chi connectivity index (χ1n) is 9.89. The summed E-state index contributed by atoms with van der Waals surface area (Å²) in [5, 5.41) is 2.99. The van der Waals surface area contributed by atoms with E-state index >= 15 is 0 Å². The van der Waals surface area contributed by atoms with Crippen LogP contribution >= 0.6 is 0 Å². The Kier molecular flexibility index (Phi) is 5.66. The highest BCUT2D eigenvalue weighted by molar-refractivity contribution is 6.06. The van der Waals surface area contributed by atoms with Gasteiger partial charge in [0, 0.05) is 36.7 Å². The van der Waals surface area contributed by atoms with Gasteiger partial charge in [-0.3, -0.25) is 14.6 Å². The van der Waals surface area contributed by atoms with Gasteiger partial charge in [-0.15, -0.1) is 0 Å². The molecule has 3 aromatic rings. The fourth-order valence-electron chi connectivity index (χ4n) is 3.66. The summed E-state index contributed by atoms with van der Waals surface area (Å²) in [6.45, 7) is 0.684. The minimum absolute atomic E-state index is 0.00657. The second-order valence-electron chi connectivity index (χ2n) is 7.18. The molecule has 5 heteroatoms. The molecule has 0 atom stereocenters. The molecule has 29 heavy (non-hydrogen) atoms. The van der Waals surface area contributed by atoms with E-state index < -0.39 is 0 Å². The number of carbonyl (C=O) groups is 2. The molecular formula is C24H23N3O2. The summed E-state index contributed by atoms with van der Waals surface area (Å²) in [5.74, 6) is -0.0494. The molecule has 2 heterocycles. The number of hydrogen-bond donors (Lipinski definition) is 1. The SMILES string of the molecule is O=C(CCc1ccccc1)Nc1ccc2c(c1)CCCN2C(=O)c1cccnc1. The van der Waals surface area contributed by atoms with Gasteiger partial charge in [0.2, 0.25) is 5.91 Å². The van der Waals surface area contributed by atoms with Gasteiger partial charge in [-0.25, -0.2) is 0 Å². The van der Waals surface area contributed by atoms with Crippen LogP contribution in [0.25, 0.3) is 0 Å². The highest BCUT2D eigenvalue weighted by atomic mass is 16.2. The van der Waals surface area contributed by atoms with Crippen molar-refractivity contribution in [2.75, 3.05) is 16.8 Å². The number of amides is 2. The Morgan fingerprint density at radius 3 is 2.69 bits per heavy atom. The molecule has 0 spiro atoms. The molecule has 0 aliphatic carbocycles. The molecule has 2 amide bonds. The summed E-state index contributed by atoms with van der Waals surface area (Å²) in [5.41, 5.74) is 4.50. The van der Waals surface area contributed by atoms with Crippen LogP contribution < -0.4 is 10.2 Å². The molecule has 0 saturated carbocycles. The van der Waals surface area contributed by atoms with E-state index in [1.54, 1.807) is 29.4 Å². The van der Waals surface area contributed by atoms with Crippen LogP contribution in [0.3, 0.4) is 0 Å². The number of nitrogens with zero attached hydrogens (tertiary/aromatic N) is 2. The van der Waals surface area contributed by atoms with Gasteiger partial charge < -0.3 is 10.2 Å². The number of hydrogen-bond acceptors (Lipinski definition) is 3. The highest BCUT2D eigenvalue weighted by Gasteiger charge is 2.24. The Labute approximate surface area is 170 Å². The van der Waals surface area contributed by atoms with E-state index in [1.165, 1.54) is 0 Å². The van der Waals surface area contributed by atoms with Gasteiger partial charge >= 0.3 is 0 Å². The van der Waals surface area contributed by atoms with Crippen molar-refractivity contribution in [2.45, 2.75) is 25.7 Å². The third-order valence-corrected chi connectivity index (χ3v) is 5.12. The number of aromatic nitrogens is 1. The molecule has 1 aromatic heterocycles. The average molecular weight is 385 g/mol. The number of anilines is 2. The number of aryl methyl sites for hydroxylation is 2. The van der Waals surface area contributed by atoms with Gasteiger partial charge in [-0.2, -0.15) is 0 Å². The molecule has 0 bridgehead atoms. The molecule has 0 radical (unpaired) electrons. The van der Waals surface area contributed by atoms with Crippen LogP contribution in [-0.2, 0) is 17.6 Å². The molecule has 1 N–H and O–H groups in total. The number of pyridine rings is 1. The van der Waals surface area contributed by atoms with Crippen LogP contribution in [0, 0.1) is 0 Å². The quantitative estimate of drug-likeness (QED) is 0.714. The lowest BCUT2D eigenvalue weighted by atomic mass is 10.00. The Hall–Kier alpha value is -3.47. The zero-order valence-electron chi connectivity index (χ0n) is 16.2. The fraction of sp³-hybridized carbons (Fsp3) is 0.208. The standard InChI is InChI=1S/C24H23N3O2/c28-23(13-10-18-6-2-1-3-7-18)26-21-11-12-22-19(16-21)9-5-15-27(22)24(29)20-8-4-14-25-17-20/h1-4,6-8,11-12,14,16-17H,5,9-10,13,15H2,(H,26,28). The third-order valence-electron chi connectivity index (χ3n) is 5.12. The molecule has 4 rings (SSSR count). The van der Waals surface area contributed by atoms with Gasteiger partial charge in [-0.1, -0.05) is 30.3 Å². The van der Waals surface area contributed by atoms with E-state index in [0.717, 1.165) is 35.3 Å². The van der Waals surface area contributed by atoms with E-state index in [9.17, 15) is 9.59 Å². The van der Waals surface area contributed by atoms with Gasteiger partial charge in [0.05, 0.1) is 5.56 Å². The Bertz CT molecular complexity index is 1000. The van der Waals surface area contributed by atoms with E-state index in [4.69, 9.17) is 0 Å². The number of fused-ring (bicyclic) bond motifs is 1. The van der Waals surface area contributed by atoms with Crippen LogP contribution in [0.2, 0.25) is 0 Å². The van der Waals surface area contributed by atoms with E-state index in [-0.39, 0.29) is 11.8 Å². The Morgan fingerprint density at radius 2 is 1.90 bits per heavy atom. The maximum absolute atomic E-state index is 12.9. The van der Waals surface area contributed by atoms with Crippen molar-refractivity contribution in [3.63, 3.8) is 0 Å². The van der Waals surface area contributed by atoms with Gasteiger partial charge in [0.1, 0.15) is 0 Å². The summed E-state index contributed by atoms with van der Waals surface area (Å²) in [6, 6.07) is 19.3. The first-order chi connectivity index (χ1) is 14.2. The summed E-state index contributed by atoms with van der Waals surface area (Å²) < 4.78 is 0. The molecule has 146 valence electrons. The lowest BCUT2D eigenvalue weighted by Crippen LogP contribution is -2.35. The monoisotopic (exact) mass is 385 g/mol. The predicted molar refractivity (Wildman–Crippen MR) is 114 cm³/mol. The van der Waals surface area contributed by atoms with Gasteiger partial charge in [-0.05, 0) is 60.7 Å². The summed E-state index contributed by atoms with van der Waals surface area (Å²) in [4.78, 5) is 31.0. The highest BCUT2D eigenvalue weighted by Crippen LogP contribution is 2.31. The van der Waals surface area contributed by atoms with Crippen LogP contribution in [0.4, 0.5) is 11.4 Å². The normalized spacial score (nSPS) is 12.9. The zero-order valence-corrected chi connectivity index (χ0v) is 16.2. The molecule has 1 aliphatic rings. The molecule has 0 unspecified atom stereocenters. The van der Waals surface area contributed by atoms with Crippen molar-refractivity contribution >= 4 is 23.2 Å². The van der Waals surface area contributed by atoms with E-state index in [0.29, 0.717) is 24.9 Å². The zero-order chi connectivity index (χ0) is 20.1. The van der Waals surface area contributed by atoms with Crippen molar-refractivity contribution < 1.29 is 9.59 Å². The Morgan fingerprint density at radius 1 is 1.03 bits per heavy atom. The first kappa shape index (κ1) is 18.9. The van der Waals surface area contributed by atoms with Crippen LogP contribution in [0.15, 0.2) is 73.1 Å². The fourth-order valence-corrected chi connectivity index (χ4v) is 3.66. The molecule has 2 aromatic carbocycles. The number of carbonyl (C=O) groups excluding carboxylic acids is 2. The van der Waals surface area contributed by atoms with Crippen molar-refractivity contribution in [2.24, 2.45) is 0 Å². The topological polar surface area (TPSA) is 62.3 Å². The molecule has 1 aliphatic heterocycles. The molecule has 0 fully saturated rings. The van der Waals surface area contributed by atoms with Crippen LogP contribution in [0.1, 0.15) is 34.3 Å².